The Morgan fingerprint density at radius 1 is 0.550 bits per heavy atom. The number of anilines is 2. The molecule has 5 heterocycles. The molecule has 11 rings (SSSR count). The monoisotopic (exact) mass is 1570 g/mol. The molecular formula is C80H127N5O26. The third-order valence-corrected chi connectivity index (χ3v) is 25.7. The van der Waals surface area contributed by atoms with Gasteiger partial charge in [0, 0.05) is 57.7 Å². The van der Waals surface area contributed by atoms with Gasteiger partial charge in [-0.1, -0.05) is 122 Å². The van der Waals surface area contributed by atoms with Gasteiger partial charge in [0.05, 0.1) is 26.4 Å². The van der Waals surface area contributed by atoms with Gasteiger partial charge in [-0.25, -0.2) is 4.79 Å². The predicted molar refractivity (Wildman–Crippen MR) is 402 cm³/mol. The van der Waals surface area contributed by atoms with Gasteiger partial charge in [-0.15, -0.1) is 0 Å². The Hall–Kier alpha value is -4.50. The summed E-state index contributed by atoms with van der Waals surface area (Å²) in [4.78, 5) is 50.8. The second kappa shape index (κ2) is 40.6. The Balaban J connectivity index is 0.564. The van der Waals surface area contributed by atoms with E-state index < -0.39 is 166 Å². The fraction of sp³-hybridized carbons (Fsp3) is 0.825. The van der Waals surface area contributed by atoms with Crippen molar-refractivity contribution in [2.75, 3.05) is 82.9 Å². The molecule has 5 aliphatic heterocycles. The second-order valence-electron chi connectivity index (χ2n) is 33.4. The predicted octanol–water partition coefficient (Wildman–Crippen LogP) is 2.51. The normalized spacial score (nSPS) is 38.4. The molecule has 2 aromatic rings. The van der Waals surface area contributed by atoms with Crippen LogP contribution in [0.1, 0.15) is 175 Å². The Morgan fingerprint density at radius 2 is 1.16 bits per heavy atom. The molecule has 31 nitrogen and oxygen atoms in total. The van der Waals surface area contributed by atoms with E-state index in [1.807, 2.05) is 0 Å². The number of alkyl carbamates (subject to hydrolysis) is 1. The number of allylic oxidation sites excluding steroid dienone is 1. The van der Waals surface area contributed by atoms with Gasteiger partial charge in [0.1, 0.15) is 115 Å². The average Bonchev–Trinajstić information content (AvgIpc) is 1.65. The zero-order valence-electron chi connectivity index (χ0n) is 65.1. The number of carbonyl (C=O) groups is 2. The van der Waals surface area contributed by atoms with Gasteiger partial charge in [-0.05, 0) is 124 Å². The fourth-order valence-electron chi connectivity index (χ4n) is 19.3. The first kappa shape index (κ1) is 87.3. The molecule has 16 N–H and O–H groups in total. The summed E-state index contributed by atoms with van der Waals surface area (Å²) < 4.78 is 67.3. The molecule has 0 radical (unpaired) electrons. The maximum Gasteiger partial charge on any atom is 0.407 e. The number of benzene rings is 1. The molecule has 628 valence electrons. The molecule has 8 fully saturated rings. The van der Waals surface area contributed by atoms with Gasteiger partial charge < -0.3 is 135 Å². The zero-order valence-corrected chi connectivity index (χ0v) is 65.1. The van der Waals surface area contributed by atoms with Gasteiger partial charge in [-0.3, -0.25) is 14.4 Å². The maximum absolute atomic E-state index is 13.0. The highest BCUT2D eigenvalue weighted by molar-refractivity contribution is 5.76. The fourth-order valence-corrected chi connectivity index (χ4v) is 19.3. The number of amides is 2. The van der Waals surface area contributed by atoms with Crippen LogP contribution < -0.4 is 37.4 Å². The topological polar surface area (TPSA) is 452 Å². The molecule has 0 spiro atoms. The Bertz CT molecular complexity index is 3320. The number of hydrogen-bond donors (Lipinski definition) is 16. The number of aliphatic hydroxyl groups is 11. The van der Waals surface area contributed by atoms with Crippen LogP contribution in [0.2, 0.25) is 0 Å². The highest BCUT2D eigenvalue weighted by Gasteiger charge is 2.61. The molecule has 2 bridgehead atoms. The number of aliphatic hydroxyl groups excluding tert-OH is 11. The molecule has 31 heteroatoms. The molecule has 2 aromatic carbocycles. The lowest BCUT2D eigenvalue weighted by atomic mass is 9.47. The van der Waals surface area contributed by atoms with Crippen molar-refractivity contribution in [2.45, 2.75) is 298 Å². The third kappa shape index (κ3) is 20.7. The van der Waals surface area contributed by atoms with Crippen LogP contribution in [0, 0.1) is 46.3 Å². The summed E-state index contributed by atoms with van der Waals surface area (Å²) >= 11 is 0. The number of nitrogens with one attached hydrogen (secondary N) is 5. The largest absolute Gasteiger partial charge is 0.446 e. The lowest BCUT2D eigenvalue weighted by Gasteiger charge is -2.58. The summed E-state index contributed by atoms with van der Waals surface area (Å²) in [5, 5.41) is 132. The highest BCUT2D eigenvalue weighted by atomic mass is 16.8. The van der Waals surface area contributed by atoms with E-state index in [4.69, 9.17) is 52.1 Å². The number of carbonyl (C=O) groups excluding carboxylic acids is 2. The molecule has 4 aliphatic carbocycles. The highest BCUT2D eigenvalue weighted by Crippen LogP contribution is 2.67. The van der Waals surface area contributed by atoms with Crippen LogP contribution in [0.25, 0.3) is 0 Å². The molecule has 111 heavy (non-hydrogen) atoms. The minimum absolute atomic E-state index is 0.107. The van der Waals surface area contributed by atoms with Crippen LogP contribution in [-0.2, 0) is 56.9 Å². The second-order valence-corrected chi connectivity index (χ2v) is 33.4. The minimum Gasteiger partial charge on any atom is -0.446 e. The Labute approximate surface area is 650 Å². The van der Waals surface area contributed by atoms with Gasteiger partial charge in [-0.2, -0.15) is 0 Å². The molecule has 3 saturated carbocycles. The molecule has 29 atom stereocenters. The third-order valence-electron chi connectivity index (χ3n) is 25.7. The van der Waals surface area contributed by atoms with E-state index >= 15 is 0 Å². The van der Waals surface area contributed by atoms with E-state index in [9.17, 15) is 75.3 Å². The van der Waals surface area contributed by atoms with Gasteiger partial charge in [0.2, 0.25) is 5.91 Å². The van der Waals surface area contributed by atoms with Crippen LogP contribution in [-0.4, -0.2) is 269 Å². The molecule has 0 aromatic heterocycles. The molecule has 5 saturated heterocycles. The van der Waals surface area contributed by atoms with Crippen molar-refractivity contribution in [3.63, 3.8) is 0 Å². The number of unbranched alkanes of at least 4 members (excludes halogenated alkanes) is 6. The first-order chi connectivity index (χ1) is 53.4. The summed E-state index contributed by atoms with van der Waals surface area (Å²) in [7, 11) is 0. The van der Waals surface area contributed by atoms with Crippen LogP contribution >= 0.6 is 0 Å². The Kier molecular flexibility index (Phi) is 31.9. The van der Waals surface area contributed by atoms with E-state index in [1.54, 1.807) is 30.3 Å². The summed E-state index contributed by atoms with van der Waals surface area (Å²) in [6.45, 7) is 12.3. The lowest BCUT2D eigenvalue weighted by molar-refractivity contribution is -0.426. The van der Waals surface area contributed by atoms with Crippen molar-refractivity contribution in [2.24, 2.45) is 46.3 Å². The van der Waals surface area contributed by atoms with Crippen molar-refractivity contribution in [1.82, 2.24) is 16.0 Å². The molecule has 2 amide bonds. The SMILES string of the molecule is CC(C)CCC[C@@H](C)[C@H]1CC[C@H]2[C@@H]3CC=C4C[C@@H](OC(=O)NCCNCCCCNc5c(NCCNC(=O)CCCCCCCCO[C@@H]6O[C@H](CO[C@H]7O[C@H](CO)[C@@H](O)[C@H](O[C@H]8O[C@H](CO)[C@@H](O)[C@H](O)[C@@H]8O)[C@@H]7O)[C@H]7OC(c8ccccc8)O[C@H]6[C@H]7O[C@H]6O[C@H](CO)[C@@H](O)[C@H](O)[C@@H]6O)c(=O)c5=O)CC[C@]4(C)[C@H]3CC[C@]12C. The van der Waals surface area contributed by atoms with Crippen LogP contribution in [0.15, 0.2) is 51.6 Å². The number of fused-ring (bicyclic) bond motifs is 7. The number of rotatable bonds is 40. The van der Waals surface area contributed by atoms with Crippen LogP contribution in [0.4, 0.5) is 16.2 Å². The lowest BCUT2D eigenvalue weighted by Crippen LogP contribution is -2.68. The Morgan fingerprint density at radius 3 is 1.85 bits per heavy atom. The van der Waals surface area contributed by atoms with Gasteiger partial charge >= 0.3 is 6.09 Å². The van der Waals surface area contributed by atoms with Crippen molar-refractivity contribution in [1.29, 1.82) is 0 Å². The van der Waals surface area contributed by atoms with Gasteiger partial charge in [0.15, 0.2) is 31.5 Å². The van der Waals surface area contributed by atoms with E-state index in [0.717, 1.165) is 81.0 Å². The summed E-state index contributed by atoms with van der Waals surface area (Å²) in [6, 6.07) is 8.82. The van der Waals surface area contributed by atoms with E-state index in [2.05, 4.69) is 67.3 Å². The smallest absolute Gasteiger partial charge is 0.407 e. The van der Waals surface area contributed by atoms with E-state index in [-0.39, 0.29) is 61.0 Å². The minimum atomic E-state index is -1.92. The van der Waals surface area contributed by atoms with Crippen molar-refractivity contribution in [3.8, 4) is 0 Å². The van der Waals surface area contributed by atoms with E-state index in [0.29, 0.717) is 62.3 Å². The van der Waals surface area contributed by atoms with Crippen molar-refractivity contribution in [3.05, 3.63) is 68.0 Å². The standard InChI is InChI=1S/C80H127N5O26/c1-43(2)18-17-19-44(3)49-25-26-50-48-24-23-46-38-47(27-29-79(46,4)51(48)28-30-80(49,50)5)103-78(100)85-34-33-81-31-14-15-32-83-57-58(63(94)62(57)93)84-36-35-82-56(89)22-13-8-6-7-9-16-37-101-77-72-71(110-76-67(98)65(96)60(91)53(40-87)106-76)69(108-73(111-72)45-20-11-10-12-21-45)55(107-77)42-102-74-68(99)70(61(92)54(41-88)104-74)109-75-66(97)64(95)59(90)52(39-86)105-75/h10-12,20-21,23,43-44,47-55,59-61,64-77,81,83-84,86-88,90-92,95-99H,6-9,13-19,22,24-42H2,1-5H3,(H,82,89)(H,85,100)/t44-,47+,48+,49-,50+,51+,52-,53-,54-,55-,59-,60-,61-,64+,65+,66+,67+,68+,69-,70+,71+,72+,73?,74+,75-,76-,77-,79+,80-/m1/s1. The van der Waals surface area contributed by atoms with Crippen molar-refractivity contribution >= 4 is 23.4 Å². The van der Waals surface area contributed by atoms with E-state index in [1.165, 1.54) is 56.9 Å². The quantitative estimate of drug-likeness (QED) is 0.0259. The average molecular weight is 1570 g/mol. The molecular weight excluding hydrogens is 1450 g/mol. The van der Waals surface area contributed by atoms with Crippen LogP contribution in [0.3, 0.4) is 0 Å². The summed E-state index contributed by atoms with van der Waals surface area (Å²) in [5.41, 5.74) is 1.98. The first-order valence-corrected chi connectivity index (χ1v) is 41.1. The number of hydrogen-bond acceptors (Lipinski definition) is 29. The summed E-state index contributed by atoms with van der Waals surface area (Å²) in [6.07, 6.45) is -11.5. The first-order valence-electron chi connectivity index (χ1n) is 41.1. The van der Waals surface area contributed by atoms with Crippen LogP contribution in [0.5, 0.6) is 0 Å². The molecule has 9 aliphatic rings. The van der Waals surface area contributed by atoms with Crippen molar-refractivity contribution < 1.29 is 118 Å². The maximum atomic E-state index is 13.0. The molecule has 1 unspecified atom stereocenters. The summed E-state index contributed by atoms with van der Waals surface area (Å²) in [5.74, 6) is 4.55. The number of ether oxygens (including phenoxy) is 11. The zero-order chi connectivity index (χ0) is 79.3. The van der Waals surface area contributed by atoms with Gasteiger partial charge in [0.25, 0.3) is 10.9 Å².